The van der Waals surface area contributed by atoms with E-state index in [4.69, 9.17) is 0 Å². The zero-order valence-corrected chi connectivity index (χ0v) is 15.5. The highest BCUT2D eigenvalue weighted by Gasteiger charge is 2.57. The van der Waals surface area contributed by atoms with E-state index in [0.29, 0.717) is 0 Å². The summed E-state index contributed by atoms with van der Waals surface area (Å²) in [5.41, 5.74) is 1.65. The van der Waals surface area contributed by atoms with Crippen molar-refractivity contribution >= 4 is 0 Å². The fourth-order valence-corrected chi connectivity index (χ4v) is 6.70. The maximum Gasteiger partial charge on any atom is -0.0259 e. The van der Waals surface area contributed by atoms with Crippen molar-refractivity contribution < 1.29 is 0 Å². The summed E-state index contributed by atoms with van der Waals surface area (Å²) in [4.78, 5) is 0. The molecule has 0 saturated heterocycles. The Kier molecular flexibility index (Phi) is 5.56. The quantitative estimate of drug-likeness (QED) is 0.445. The predicted octanol–water partition coefficient (Wildman–Crippen LogP) is 7.51. The molecule has 3 aliphatic rings. The normalized spacial score (nSPS) is 41.7. The van der Waals surface area contributed by atoms with E-state index < -0.39 is 0 Å². The summed E-state index contributed by atoms with van der Waals surface area (Å²) >= 11 is 0. The molecule has 0 heterocycles. The second-order valence-corrected chi connectivity index (χ2v) is 9.39. The Morgan fingerprint density at radius 2 is 1.55 bits per heavy atom. The molecular formula is C22H40. The zero-order valence-electron chi connectivity index (χ0n) is 15.5. The van der Waals surface area contributed by atoms with E-state index >= 15 is 0 Å². The van der Waals surface area contributed by atoms with Crippen LogP contribution in [0.3, 0.4) is 0 Å². The lowest BCUT2D eigenvalue weighted by molar-refractivity contribution is -0.130. The molecule has 2 spiro atoms. The molecule has 0 amide bonds. The monoisotopic (exact) mass is 304 g/mol. The van der Waals surface area contributed by atoms with Crippen LogP contribution in [0.5, 0.6) is 0 Å². The van der Waals surface area contributed by atoms with Gasteiger partial charge >= 0.3 is 0 Å². The van der Waals surface area contributed by atoms with Crippen molar-refractivity contribution in [1.29, 1.82) is 0 Å². The van der Waals surface area contributed by atoms with Gasteiger partial charge in [0.1, 0.15) is 0 Å². The Balaban J connectivity index is 1.48. The molecule has 22 heavy (non-hydrogen) atoms. The number of hydrogen-bond donors (Lipinski definition) is 0. The summed E-state index contributed by atoms with van der Waals surface area (Å²) in [6, 6.07) is 0. The second kappa shape index (κ2) is 7.27. The van der Waals surface area contributed by atoms with Gasteiger partial charge in [-0.3, -0.25) is 0 Å². The largest absolute Gasteiger partial charge is 0.0654 e. The van der Waals surface area contributed by atoms with Crippen molar-refractivity contribution in [3.8, 4) is 0 Å². The molecular weight excluding hydrogens is 264 g/mol. The van der Waals surface area contributed by atoms with Crippen molar-refractivity contribution in [2.24, 2.45) is 22.7 Å². The van der Waals surface area contributed by atoms with Gasteiger partial charge in [-0.2, -0.15) is 0 Å². The smallest absolute Gasteiger partial charge is 0.0259 e. The van der Waals surface area contributed by atoms with Gasteiger partial charge in [0.05, 0.1) is 0 Å². The lowest BCUT2D eigenvalue weighted by atomic mass is 9.41. The third-order valence-corrected chi connectivity index (χ3v) is 7.82. The van der Waals surface area contributed by atoms with E-state index in [9.17, 15) is 0 Å². The molecule has 128 valence electrons. The molecule has 3 saturated carbocycles. The minimum absolute atomic E-state index is 0.823. The van der Waals surface area contributed by atoms with Gasteiger partial charge in [-0.15, -0.1) is 0 Å². The highest BCUT2D eigenvalue weighted by molar-refractivity contribution is 5.08. The fraction of sp³-hybridized carbons (Fsp3) is 1.00. The topological polar surface area (TPSA) is 0 Å². The molecule has 3 rings (SSSR count). The van der Waals surface area contributed by atoms with Crippen LogP contribution >= 0.6 is 0 Å². The van der Waals surface area contributed by atoms with Gasteiger partial charge < -0.3 is 0 Å². The fourth-order valence-electron chi connectivity index (χ4n) is 6.70. The van der Waals surface area contributed by atoms with Crippen molar-refractivity contribution in [3.63, 3.8) is 0 Å². The standard InChI is InChI=1S/C22H40/c1-3-5-6-10-19-12-15-21(16-13-19)17-22(18-21)14-8-7-11-20(22)9-4-2/h19-20H,3-18H2,1-2H3. The molecule has 0 N–H and O–H groups in total. The number of rotatable bonds is 6. The molecule has 0 aliphatic heterocycles. The highest BCUT2D eigenvalue weighted by atomic mass is 14.6. The van der Waals surface area contributed by atoms with Crippen LogP contribution in [-0.2, 0) is 0 Å². The molecule has 0 bridgehead atoms. The average Bonchev–Trinajstić information content (AvgIpc) is 2.50. The van der Waals surface area contributed by atoms with Gasteiger partial charge in [0.2, 0.25) is 0 Å². The van der Waals surface area contributed by atoms with Crippen LogP contribution in [0.4, 0.5) is 0 Å². The summed E-state index contributed by atoms with van der Waals surface area (Å²) in [6.07, 6.45) is 24.6. The summed E-state index contributed by atoms with van der Waals surface area (Å²) in [5, 5.41) is 0. The lowest BCUT2D eigenvalue weighted by Crippen LogP contribution is -2.53. The predicted molar refractivity (Wildman–Crippen MR) is 97.1 cm³/mol. The van der Waals surface area contributed by atoms with Crippen LogP contribution in [0.25, 0.3) is 0 Å². The third kappa shape index (κ3) is 3.41. The molecule has 0 aromatic carbocycles. The Hall–Kier alpha value is 0. The minimum atomic E-state index is 0.823. The Morgan fingerprint density at radius 3 is 2.23 bits per heavy atom. The molecule has 1 atom stereocenters. The van der Waals surface area contributed by atoms with Crippen molar-refractivity contribution in [2.45, 2.75) is 117 Å². The second-order valence-electron chi connectivity index (χ2n) is 9.39. The highest BCUT2D eigenvalue weighted by Crippen LogP contribution is 2.68. The van der Waals surface area contributed by atoms with E-state index in [1.807, 2.05) is 0 Å². The van der Waals surface area contributed by atoms with Gasteiger partial charge in [0.25, 0.3) is 0 Å². The van der Waals surface area contributed by atoms with Gasteiger partial charge in [-0.1, -0.05) is 65.2 Å². The molecule has 3 fully saturated rings. The Bertz CT molecular complexity index is 324. The molecule has 0 aromatic rings. The first kappa shape index (κ1) is 16.8. The summed E-state index contributed by atoms with van der Waals surface area (Å²) in [6.45, 7) is 4.73. The zero-order chi connectivity index (χ0) is 15.5. The SMILES string of the molecule is CCCCCC1CCC2(CC1)CC1(CCCCC1CCC)C2. The van der Waals surface area contributed by atoms with Crippen LogP contribution in [0.2, 0.25) is 0 Å². The van der Waals surface area contributed by atoms with Crippen LogP contribution in [-0.4, -0.2) is 0 Å². The minimum Gasteiger partial charge on any atom is -0.0654 e. The van der Waals surface area contributed by atoms with E-state index in [1.165, 1.54) is 51.4 Å². The van der Waals surface area contributed by atoms with E-state index in [2.05, 4.69) is 13.8 Å². The molecule has 3 aliphatic carbocycles. The summed E-state index contributed by atoms with van der Waals surface area (Å²) < 4.78 is 0. The van der Waals surface area contributed by atoms with Crippen LogP contribution in [0.15, 0.2) is 0 Å². The maximum absolute atomic E-state index is 2.40. The average molecular weight is 305 g/mol. The third-order valence-electron chi connectivity index (χ3n) is 7.82. The van der Waals surface area contributed by atoms with Crippen molar-refractivity contribution in [2.75, 3.05) is 0 Å². The molecule has 0 nitrogen and oxygen atoms in total. The van der Waals surface area contributed by atoms with Gasteiger partial charge in [-0.25, -0.2) is 0 Å². The van der Waals surface area contributed by atoms with E-state index in [-0.39, 0.29) is 0 Å². The van der Waals surface area contributed by atoms with Crippen molar-refractivity contribution in [1.82, 2.24) is 0 Å². The van der Waals surface area contributed by atoms with Crippen LogP contribution in [0, 0.1) is 22.7 Å². The van der Waals surface area contributed by atoms with Crippen LogP contribution in [0.1, 0.15) is 117 Å². The van der Waals surface area contributed by atoms with Crippen molar-refractivity contribution in [3.05, 3.63) is 0 Å². The molecule has 1 unspecified atom stereocenters. The summed E-state index contributed by atoms with van der Waals surface area (Å²) in [5.74, 6) is 2.19. The van der Waals surface area contributed by atoms with Gasteiger partial charge in [-0.05, 0) is 74.0 Å². The first-order valence-electron chi connectivity index (χ1n) is 10.7. The first-order chi connectivity index (χ1) is 10.7. The number of hydrogen-bond acceptors (Lipinski definition) is 0. The molecule has 0 aromatic heterocycles. The number of unbranched alkanes of at least 4 members (excludes halogenated alkanes) is 2. The summed E-state index contributed by atoms with van der Waals surface area (Å²) in [7, 11) is 0. The first-order valence-corrected chi connectivity index (χ1v) is 10.7. The Morgan fingerprint density at radius 1 is 0.773 bits per heavy atom. The lowest BCUT2D eigenvalue weighted by Gasteiger charge is -2.63. The molecule has 0 heteroatoms. The Labute approximate surface area is 139 Å². The van der Waals surface area contributed by atoms with E-state index in [0.717, 1.165) is 22.7 Å². The maximum atomic E-state index is 2.40. The van der Waals surface area contributed by atoms with E-state index in [1.54, 1.807) is 51.4 Å². The van der Waals surface area contributed by atoms with Crippen LogP contribution < -0.4 is 0 Å². The van der Waals surface area contributed by atoms with Gasteiger partial charge in [0.15, 0.2) is 0 Å². The molecule has 0 radical (unpaired) electrons. The van der Waals surface area contributed by atoms with Gasteiger partial charge in [0, 0.05) is 0 Å².